The van der Waals surface area contributed by atoms with Gasteiger partial charge in [0, 0.05) is 13.1 Å². The number of carbonyl (C=O) groups excluding carboxylic acids is 1. The maximum absolute atomic E-state index is 10.4. The van der Waals surface area contributed by atoms with E-state index in [1.54, 1.807) is 0 Å². The van der Waals surface area contributed by atoms with E-state index in [0.29, 0.717) is 0 Å². The Kier molecular flexibility index (Phi) is 7.21. The molecule has 0 aliphatic rings. The maximum atomic E-state index is 10.4. The van der Waals surface area contributed by atoms with Gasteiger partial charge in [-0.15, -0.1) is 0 Å². The largest absolute Gasteiger partial charge is 0.345 e. The van der Waals surface area contributed by atoms with E-state index < -0.39 is 0 Å². The number of nitrogens with zero attached hydrogens (tertiary/aromatic N) is 1. The molecule has 0 atom stereocenters. The lowest BCUT2D eigenvalue weighted by Gasteiger charge is -2.15. The SMILES string of the molecule is CCCCCN(C=O)CCC. The van der Waals surface area contributed by atoms with Crippen molar-refractivity contribution in [3.63, 3.8) is 0 Å². The molecule has 0 aromatic carbocycles. The van der Waals surface area contributed by atoms with Crippen LogP contribution in [0.15, 0.2) is 0 Å². The number of hydrogen-bond acceptors (Lipinski definition) is 1. The average Bonchev–Trinajstić information content (AvgIpc) is 2.03. The second kappa shape index (κ2) is 7.58. The molecule has 0 aliphatic heterocycles. The summed E-state index contributed by atoms with van der Waals surface area (Å²) < 4.78 is 0. The van der Waals surface area contributed by atoms with Crippen molar-refractivity contribution in [1.82, 2.24) is 4.90 Å². The minimum Gasteiger partial charge on any atom is -0.345 e. The number of carbonyl (C=O) groups is 1. The molecule has 0 bridgehead atoms. The summed E-state index contributed by atoms with van der Waals surface area (Å²) in [4.78, 5) is 12.3. The fraction of sp³-hybridized carbons (Fsp3) is 0.889. The van der Waals surface area contributed by atoms with E-state index in [1.807, 2.05) is 4.90 Å². The Morgan fingerprint density at radius 3 is 2.27 bits per heavy atom. The van der Waals surface area contributed by atoms with Gasteiger partial charge in [0.25, 0.3) is 0 Å². The molecule has 0 aliphatic carbocycles. The van der Waals surface area contributed by atoms with E-state index >= 15 is 0 Å². The van der Waals surface area contributed by atoms with E-state index in [9.17, 15) is 4.79 Å². The normalized spacial score (nSPS) is 9.64. The molecule has 0 aromatic rings. The van der Waals surface area contributed by atoms with Gasteiger partial charge in [0.05, 0.1) is 0 Å². The van der Waals surface area contributed by atoms with Crippen molar-refractivity contribution in [2.24, 2.45) is 0 Å². The first-order valence-corrected chi connectivity index (χ1v) is 4.54. The first kappa shape index (κ1) is 10.5. The van der Waals surface area contributed by atoms with Crippen LogP contribution in [-0.2, 0) is 4.79 Å². The van der Waals surface area contributed by atoms with Crippen molar-refractivity contribution in [3.8, 4) is 0 Å². The van der Waals surface area contributed by atoms with Gasteiger partial charge < -0.3 is 4.90 Å². The molecule has 66 valence electrons. The molecule has 0 radical (unpaired) electrons. The topological polar surface area (TPSA) is 20.3 Å². The van der Waals surface area contributed by atoms with E-state index in [0.717, 1.165) is 32.3 Å². The highest BCUT2D eigenvalue weighted by Crippen LogP contribution is 1.96. The third-order valence-electron chi connectivity index (χ3n) is 1.71. The lowest BCUT2D eigenvalue weighted by molar-refractivity contribution is -0.118. The van der Waals surface area contributed by atoms with Crippen molar-refractivity contribution in [2.75, 3.05) is 13.1 Å². The molecule has 0 aromatic heterocycles. The minimum atomic E-state index is 0.910. The zero-order valence-electron chi connectivity index (χ0n) is 7.68. The summed E-state index contributed by atoms with van der Waals surface area (Å²) in [7, 11) is 0. The molecular formula is C9H19NO. The Labute approximate surface area is 69.6 Å². The summed E-state index contributed by atoms with van der Waals surface area (Å²) in [5, 5.41) is 0. The van der Waals surface area contributed by atoms with Gasteiger partial charge in [0.1, 0.15) is 0 Å². The van der Waals surface area contributed by atoms with Gasteiger partial charge in [-0.05, 0) is 12.8 Å². The summed E-state index contributed by atoms with van der Waals surface area (Å²) in [5.74, 6) is 0. The summed E-state index contributed by atoms with van der Waals surface area (Å²) >= 11 is 0. The summed E-state index contributed by atoms with van der Waals surface area (Å²) in [6.07, 6.45) is 5.62. The first-order chi connectivity index (χ1) is 5.35. The Bertz CT molecular complexity index is 93.6. The first-order valence-electron chi connectivity index (χ1n) is 4.54. The summed E-state index contributed by atoms with van der Waals surface area (Å²) in [6, 6.07) is 0. The van der Waals surface area contributed by atoms with Crippen LogP contribution >= 0.6 is 0 Å². The molecule has 0 saturated carbocycles. The molecule has 2 heteroatoms. The highest BCUT2D eigenvalue weighted by atomic mass is 16.1. The van der Waals surface area contributed by atoms with Crippen LogP contribution in [-0.4, -0.2) is 24.4 Å². The Morgan fingerprint density at radius 1 is 1.09 bits per heavy atom. The van der Waals surface area contributed by atoms with Crippen molar-refractivity contribution < 1.29 is 4.79 Å². The van der Waals surface area contributed by atoms with Crippen LogP contribution in [0.2, 0.25) is 0 Å². The summed E-state index contributed by atoms with van der Waals surface area (Å²) in [6.45, 7) is 6.11. The molecule has 0 spiro atoms. The predicted molar refractivity (Wildman–Crippen MR) is 47.5 cm³/mol. The monoisotopic (exact) mass is 157 g/mol. The second-order valence-corrected chi connectivity index (χ2v) is 2.85. The van der Waals surface area contributed by atoms with Gasteiger partial charge in [0.2, 0.25) is 6.41 Å². The Hall–Kier alpha value is -0.530. The number of hydrogen-bond donors (Lipinski definition) is 0. The third-order valence-corrected chi connectivity index (χ3v) is 1.71. The van der Waals surface area contributed by atoms with Gasteiger partial charge in [-0.2, -0.15) is 0 Å². The van der Waals surface area contributed by atoms with Crippen molar-refractivity contribution >= 4 is 6.41 Å². The van der Waals surface area contributed by atoms with E-state index in [4.69, 9.17) is 0 Å². The molecule has 2 nitrogen and oxygen atoms in total. The van der Waals surface area contributed by atoms with Crippen LogP contribution in [0.3, 0.4) is 0 Å². The summed E-state index contributed by atoms with van der Waals surface area (Å²) in [5.41, 5.74) is 0. The Morgan fingerprint density at radius 2 is 1.82 bits per heavy atom. The molecule has 1 amide bonds. The lowest BCUT2D eigenvalue weighted by Crippen LogP contribution is -2.23. The van der Waals surface area contributed by atoms with E-state index in [2.05, 4.69) is 13.8 Å². The molecule has 11 heavy (non-hydrogen) atoms. The fourth-order valence-electron chi connectivity index (χ4n) is 1.07. The highest BCUT2D eigenvalue weighted by Gasteiger charge is 1.97. The van der Waals surface area contributed by atoms with Crippen molar-refractivity contribution in [3.05, 3.63) is 0 Å². The van der Waals surface area contributed by atoms with Gasteiger partial charge in [-0.1, -0.05) is 26.7 Å². The van der Waals surface area contributed by atoms with Crippen LogP contribution in [0.5, 0.6) is 0 Å². The zero-order chi connectivity index (χ0) is 8.53. The standard InChI is InChI=1S/C9H19NO/c1-3-5-6-8-10(9-11)7-4-2/h9H,3-8H2,1-2H3. The van der Waals surface area contributed by atoms with Gasteiger partial charge in [0.15, 0.2) is 0 Å². The zero-order valence-corrected chi connectivity index (χ0v) is 7.68. The number of unbranched alkanes of at least 4 members (excludes halogenated alkanes) is 2. The number of rotatable bonds is 7. The molecule has 0 N–H and O–H groups in total. The van der Waals surface area contributed by atoms with Crippen molar-refractivity contribution in [1.29, 1.82) is 0 Å². The molecule has 0 saturated heterocycles. The van der Waals surface area contributed by atoms with E-state index in [1.165, 1.54) is 12.8 Å². The molecule has 0 fully saturated rings. The van der Waals surface area contributed by atoms with Crippen LogP contribution in [0.1, 0.15) is 39.5 Å². The van der Waals surface area contributed by atoms with Crippen LogP contribution < -0.4 is 0 Å². The van der Waals surface area contributed by atoms with Crippen LogP contribution in [0.4, 0.5) is 0 Å². The van der Waals surface area contributed by atoms with Crippen molar-refractivity contribution in [2.45, 2.75) is 39.5 Å². The predicted octanol–water partition coefficient (Wildman–Crippen LogP) is 2.04. The van der Waals surface area contributed by atoms with Crippen LogP contribution in [0, 0.1) is 0 Å². The molecule has 0 heterocycles. The average molecular weight is 157 g/mol. The minimum absolute atomic E-state index is 0.910. The fourth-order valence-corrected chi connectivity index (χ4v) is 1.07. The highest BCUT2D eigenvalue weighted by molar-refractivity contribution is 5.46. The maximum Gasteiger partial charge on any atom is 0.209 e. The molecule has 0 rings (SSSR count). The second-order valence-electron chi connectivity index (χ2n) is 2.85. The van der Waals surface area contributed by atoms with Gasteiger partial charge in [-0.25, -0.2) is 0 Å². The van der Waals surface area contributed by atoms with Gasteiger partial charge in [-0.3, -0.25) is 4.79 Å². The van der Waals surface area contributed by atoms with Gasteiger partial charge >= 0.3 is 0 Å². The van der Waals surface area contributed by atoms with Crippen LogP contribution in [0.25, 0.3) is 0 Å². The number of amides is 1. The quantitative estimate of drug-likeness (QED) is 0.409. The smallest absolute Gasteiger partial charge is 0.209 e. The third kappa shape index (κ3) is 5.89. The molecule has 0 unspecified atom stereocenters. The molecular weight excluding hydrogens is 138 g/mol. The lowest BCUT2D eigenvalue weighted by atomic mass is 10.2. The Balaban J connectivity index is 3.28. The van der Waals surface area contributed by atoms with E-state index in [-0.39, 0.29) is 0 Å².